The number of aryl methyl sites for hydroxylation is 1. The van der Waals surface area contributed by atoms with E-state index in [9.17, 15) is 0 Å². The van der Waals surface area contributed by atoms with Crippen LogP contribution in [0.5, 0.6) is 0 Å². The molecular formula is C27H41N7S. The first-order valence-corrected chi connectivity index (χ1v) is 13.9. The topological polar surface area (TPSA) is 67.5 Å². The van der Waals surface area contributed by atoms with Crippen LogP contribution in [0.15, 0.2) is 24.3 Å². The average molecular weight is 496 g/mol. The minimum absolute atomic E-state index is 0.631. The molecule has 190 valence electrons. The maximum Gasteiger partial charge on any atom is 0.170 e. The number of aromatic nitrogens is 1. The van der Waals surface area contributed by atoms with E-state index in [4.69, 9.17) is 17.2 Å². The average Bonchev–Trinajstić information content (AvgIpc) is 3.39. The first kappa shape index (κ1) is 24.7. The summed E-state index contributed by atoms with van der Waals surface area (Å²) in [6.07, 6.45) is 6.31. The van der Waals surface area contributed by atoms with E-state index in [0.29, 0.717) is 11.2 Å². The fraction of sp³-hybridized carbons (Fsp3) is 0.630. The van der Waals surface area contributed by atoms with Crippen molar-refractivity contribution in [1.82, 2.24) is 25.8 Å². The lowest BCUT2D eigenvalue weighted by Crippen LogP contribution is -2.48. The Bertz CT molecular complexity index is 992. The Morgan fingerprint density at radius 3 is 2.69 bits per heavy atom. The third-order valence-electron chi connectivity index (χ3n) is 7.87. The van der Waals surface area contributed by atoms with Gasteiger partial charge in [0.1, 0.15) is 5.82 Å². The highest BCUT2D eigenvalue weighted by molar-refractivity contribution is 7.80. The van der Waals surface area contributed by atoms with E-state index in [-0.39, 0.29) is 0 Å². The number of pyridine rings is 1. The van der Waals surface area contributed by atoms with Crippen molar-refractivity contribution in [2.75, 3.05) is 69.1 Å². The molecule has 3 aliphatic rings. The molecule has 8 heteroatoms. The summed E-state index contributed by atoms with van der Waals surface area (Å²) >= 11 is 5.53. The Morgan fingerprint density at radius 1 is 1.09 bits per heavy atom. The third-order valence-corrected chi connectivity index (χ3v) is 8.12. The van der Waals surface area contributed by atoms with Crippen molar-refractivity contribution >= 4 is 39.7 Å². The number of rotatable bonds is 7. The lowest BCUT2D eigenvalue weighted by Gasteiger charge is -2.38. The fourth-order valence-electron chi connectivity index (χ4n) is 5.74. The molecule has 0 spiro atoms. The highest BCUT2D eigenvalue weighted by Gasteiger charge is 2.22. The fourth-order valence-corrected chi connectivity index (χ4v) is 5.96. The predicted molar refractivity (Wildman–Crippen MR) is 151 cm³/mol. The molecule has 3 saturated heterocycles. The largest absolute Gasteiger partial charge is 0.362 e. The molecule has 7 nitrogen and oxygen atoms in total. The van der Waals surface area contributed by atoms with Crippen LogP contribution in [-0.4, -0.2) is 79.9 Å². The van der Waals surface area contributed by atoms with Gasteiger partial charge in [0, 0.05) is 56.4 Å². The number of hydrogen-bond donors (Lipinski definition) is 4. The third kappa shape index (κ3) is 6.61. The Labute approximate surface area is 215 Å². The number of benzene rings is 1. The van der Waals surface area contributed by atoms with Crippen LogP contribution in [0.2, 0.25) is 0 Å². The molecule has 4 heterocycles. The second-order valence-electron chi connectivity index (χ2n) is 10.5. The van der Waals surface area contributed by atoms with Crippen molar-refractivity contribution in [3.63, 3.8) is 0 Å². The summed E-state index contributed by atoms with van der Waals surface area (Å²) in [6.45, 7) is 12.2. The summed E-state index contributed by atoms with van der Waals surface area (Å²) in [5.41, 5.74) is 3.32. The van der Waals surface area contributed by atoms with Gasteiger partial charge in [0.15, 0.2) is 5.11 Å². The van der Waals surface area contributed by atoms with Crippen LogP contribution < -0.4 is 26.2 Å². The van der Waals surface area contributed by atoms with E-state index in [2.05, 4.69) is 62.3 Å². The summed E-state index contributed by atoms with van der Waals surface area (Å²) in [5, 5.41) is 15.6. The summed E-state index contributed by atoms with van der Waals surface area (Å²) in [6, 6.07) is 9.26. The number of piperazine rings is 1. The number of fused-ring (bicyclic) bond motifs is 1. The number of thiocarbonyl (C=S) groups is 1. The predicted octanol–water partition coefficient (Wildman–Crippen LogP) is 3.09. The van der Waals surface area contributed by atoms with Gasteiger partial charge in [-0.1, -0.05) is 0 Å². The number of nitrogens with one attached hydrogen (secondary N) is 4. The quantitative estimate of drug-likeness (QED) is 0.437. The standard InChI is InChI=1S/C27H41N7S/c1-20-17-26(34-15-13-33(14-16-34)19-21-6-10-28-11-7-21)32-25-5-4-23(18-24(20)25)31-27(35)30-12-8-22-3-2-9-29-22/h4-5,17-18,21-22,28-29H,2-3,6-16,19H2,1H3,(H2,30,31,35). The second-order valence-corrected chi connectivity index (χ2v) is 10.9. The van der Waals surface area contributed by atoms with Crippen LogP contribution in [0, 0.1) is 12.8 Å². The molecule has 4 N–H and O–H groups in total. The molecule has 3 fully saturated rings. The highest BCUT2D eigenvalue weighted by atomic mass is 32.1. The minimum atomic E-state index is 0.631. The molecule has 0 saturated carbocycles. The number of nitrogens with zero attached hydrogens (tertiary/aromatic N) is 3. The van der Waals surface area contributed by atoms with Crippen molar-refractivity contribution in [2.45, 2.75) is 45.1 Å². The van der Waals surface area contributed by atoms with Gasteiger partial charge in [-0.3, -0.25) is 4.90 Å². The molecule has 1 aromatic carbocycles. The second kappa shape index (κ2) is 11.8. The molecule has 1 atom stereocenters. The van der Waals surface area contributed by atoms with E-state index >= 15 is 0 Å². The number of piperidine rings is 1. The zero-order valence-electron chi connectivity index (χ0n) is 21.1. The molecule has 0 radical (unpaired) electrons. The number of hydrogen-bond acceptors (Lipinski definition) is 6. The van der Waals surface area contributed by atoms with Crippen molar-refractivity contribution in [3.05, 3.63) is 29.8 Å². The molecule has 0 bridgehead atoms. The SMILES string of the molecule is Cc1cc(N2CCN(CC3CCNCC3)CC2)nc2ccc(NC(=S)NCCC3CCCN3)cc12. The zero-order chi connectivity index (χ0) is 24.0. The summed E-state index contributed by atoms with van der Waals surface area (Å²) in [5.74, 6) is 1.97. The van der Waals surface area contributed by atoms with Crippen molar-refractivity contribution in [1.29, 1.82) is 0 Å². The monoisotopic (exact) mass is 495 g/mol. The van der Waals surface area contributed by atoms with Gasteiger partial charge in [-0.05, 0) is 107 Å². The number of anilines is 2. The smallest absolute Gasteiger partial charge is 0.170 e. The molecule has 0 amide bonds. The summed E-state index contributed by atoms with van der Waals surface area (Å²) in [4.78, 5) is 10.1. The van der Waals surface area contributed by atoms with Crippen LogP contribution in [0.25, 0.3) is 10.9 Å². The van der Waals surface area contributed by atoms with E-state index in [0.717, 1.165) is 68.6 Å². The van der Waals surface area contributed by atoms with Crippen LogP contribution in [0.1, 0.15) is 37.7 Å². The molecule has 1 unspecified atom stereocenters. The van der Waals surface area contributed by atoms with E-state index in [1.807, 2.05) is 0 Å². The van der Waals surface area contributed by atoms with Gasteiger partial charge >= 0.3 is 0 Å². The lowest BCUT2D eigenvalue weighted by molar-refractivity contribution is 0.196. The van der Waals surface area contributed by atoms with Gasteiger partial charge in [-0.2, -0.15) is 0 Å². The first-order chi connectivity index (χ1) is 17.1. The molecule has 5 rings (SSSR count). The van der Waals surface area contributed by atoms with E-state index < -0.39 is 0 Å². The van der Waals surface area contributed by atoms with Gasteiger partial charge in [0.05, 0.1) is 5.52 Å². The van der Waals surface area contributed by atoms with Gasteiger partial charge in [-0.25, -0.2) is 4.98 Å². The first-order valence-electron chi connectivity index (χ1n) is 13.5. The van der Waals surface area contributed by atoms with E-state index in [1.54, 1.807) is 0 Å². The van der Waals surface area contributed by atoms with Crippen LogP contribution in [-0.2, 0) is 0 Å². The van der Waals surface area contributed by atoms with Crippen LogP contribution in [0.3, 0.4) is 0 Å². The Morgan fingerprint density at radius 2 is 1.91 bits per heavy atom. The molecule has 2 aromatic rings. The highest BCUT2D eigenvalue weighted by Crippen LogP contribution is 2.26. The molecular weight excluding hydrogens is 454 g/mol. The Hall–Kier alpha value is -2.00. The Balaban J connectivity index is 1.15. The molecule has 0 aliphatic carbocycles. The lowest BCUT2D eigenvalue weighted by atomic mass is 9.97. The van der Waals surface area contributed by atoms with Crippen LogP contribution >= 0.6 is 12.2 Å². The summed E-state index contributed by atoms with van der Waals surface area (Å²) < 4.78 is 0. The minimum Gasteiger partial charge on any atom is -0.362 e. The van der Waals surface area contributed by atoms with Gasteiger partial charge < -0.3 is 26.2 Å². The van der Waals surface area contributed by atoms with Gasteiger partial charge in [-0.15, -0.1) is 0 Å². The maximum atomic E-state index is 5.53. The van der Waals surface area contributed by atoms with Gasteiger partial charge in [0.2, 0.25) is 0 Å². The maximum absolute atomic E-state index is 5.53. The Kier molecular flexibility index (Phi) is 8.34. The zero-order valence-corrected chi connectivity index (χ0v) is 21.9. The molecule has 35 heavy (non-hydrogen) atoms. The van der Waals surface area contributed by atoms with E-state index in [1.165, 1.54) is 56.3 Å². The van der Waals surface area contributed by atoms with Crippen molar-refractivity contribution in [2.24, 2.45) is 5.92 Å². The van der Waals surface area contributed by atoms with Gasteiger partial charge in [0.25, 0.3) is 0 Å². The molecule has 1 aromatic heterocycles. The molecule has 3 aliphatic heterocycles. The normalized spacial score (nSPS) is 22.0. The van der Waals surface area contributed by atoms with Crippen molar-refractivity contribution < 1.29 is 0 Å². The van der Waals surface area contributed by atoms with Crippen LogP contribution in [0.4, 0.5) is 11.5 Å². The van der Waals surface area contributed by atoms with Crippen molar-refractivity contribution in [3.8, 4) is 0 Å². The summed E-state index contributed by atoms with van der Waals surface area (Å²) in [7, 11) is 0.